The van der Waals surface area contributed by atoms with Crippen LogP contribution in [0.25, 0.3) is 0 Å². The molecule has 0 bridgehead atoms. The number of nitrogens with zero attached hydrogens (tertiary/aromatic N) is 2. The van der Waals surface area contributed by atoms with Crippen LogP contribution in [0.5, 0.6) is 0 Å². The Morgan fingerprint density at radius 2 is 1.75 bits per heavy atom. The van der Waals surface area contributed by atoms with Gasteiger partial charge in [0.15, 0.2) is 0 Å². The van der Waals surface area contributed by atoms with Crippen LogP contribution in [0.1, 0.15) is 46.5 Å². The van der Waals surface area contributed by atoms with Gasteiger partial charge in [0.2, 0.25) is 0 Å². The first-order valence-electron chi connectivity index (χ1n) is 8.18. The largest absolute Gasteiger partial charge is 0.366 e. The molecule has 0 aromatic carbocycles. The fraction of sp³-hybridized carbons (Fsp3) is 0.938. The van der Waals surface area contributed by atoms with Crippen LogP contribution < -0.4 is 0 Å². The highest BCUT2D eigenvalue weighted by molar-refractivity contribution is 5.84. The second-order valence-electron chi connectivity index (χ2n) is 6.69. The summed E-state index contributed by atoms with van der Waals surface area (Å²) in [6.45, 7) is 11.9. The quantitative estimate of drug-likeness (QED) is 0.774. The lowest BCUT2D eigenvalue weighted by molar-refractivity contribution is -0.155. The predicted octanol–water partition coefficient (Wildman–Crippen LogP) is 2.14. The van der Waals surface area contributed by atoms with Crippen LogP contribution in [0.15, 0.2) is 0 Å². The van der Waals surface area contributed by atoms with Gasteiger partial charge in [0.25, 0.3) is 5.91 Å². The summed E-state index contributed by atoms with van der Waals surface area (Å²) < 4.78 is 5.58. The molecule has 0 radical (unpaired) electrons. The Balaban J connectivity index is 1.77. The Labute approximate surface area is 123 Å². The standard InChI is InChI=1S/C16H30N2O2/c1-4-20-16(2,3)15(19)18-11-7-14(8-12-18)13-17-9-5-6-10-17/h14H,4-13H2,1-3H3. The number of likely N-dealkylation sites (tertiary alicyclic amines) is 2. The van der Waals surface area contributed by atoms with Gasteiger partial charge in [-0.3, -0.25) is 4.79 Å². The SMILES string of the molecule is CCOC(C)(C)C(=O)N1CCC(CN2CCCC2)CC1. The Morgan fingerprint density at radius 1 is 1.15 bits per heavy atom. The molecule has 2 aliphatic rings. The predicted molar refractivity (Wildman–Crippen MR) is 80.7 cm³/mol. The summed E-state index contributed by atoms with van der Waals surface area (Å²) in [5.41, 5.74) is -0.670. The van der Waals surface area contributed by atoms with Crippen LogP contribution in [-0.2, 0) is 9.53 Å². The van der Waals surface area contributed by atoms with E-state index in [0.717, 1.165) is 31.8 Å². The van der Waals surface area contributed by atoms with E-state index in [1.54, 1.807) is 0 Å². The monoisotopic (exact) mass is 282 g/mol. The maximum atomic E-state index is 12.5. The molecule has 2 rings (SSSR count). The zero-order chi connectivity index (χ0) is 14.6. The highest BCUT2D eigenvalue weighted by Gasteiger charge is 2.34. The number of amides is 1. The minimum absolute atomic E-state index is 0.152. The van der Waals surface area contributed by atoms with Gasteiger partial charge in [-0.1, -0.05) is 0 Å². The summed E-state index contributed by atoms with van der Waals surface area (Å²) in [5, 5.41) is 0. The molecule has 4 heteroatoms. The first kappa shape index (κ1) is 15.8. The average Bonchev–Trinajstić information content (AvgIpc) is 2.91. The number of carbonyl (C=O) groups is 1. The molecule has 2 heterocycles. The summed E-state index contributed by atoms with van der Waals surface area (Å²) in [7, 11) is 0. The molecule has 0 saturated carbocycles. The van der Waals surface area contributed by atoms with E-state index in [2.05, 4.69) is 4.90 Å². The first-order valence-corrected chi connectivity index (χ1v) is 8.18. The van der Waals surface area contributed by atoms with Gasteiger partial charge < -0.3 is 14.5 Å². The topological polar surface area (TPSA) is 32.8 Å². The Hall–Kier alpha value is -0.610. The van der Waals surface area contributed by atoms with Gasteiger partial charge in [-0.25, -0.2) is 0 Å². The molecule has 0 N–H and O–H groups in total. The minimum Gasteiger partial charge on any atom is -0.366 e. The average molecular weight is 282 g/mol. The summed E-state index contributed by atoms with van der Waals surface area (Å²) in [5.74, 6) is 0.923. The number of piperidine rings is 1. The van der Waals surface area contributed by atoms with Crippen molar-refractivity contribution >= 4 is 5.91 Å². The van der Waals surface area contributed by atoms with Gasteiger partial charge in [-0.2, -0.15) is 0 Å². The molecule has 2 fully saturated rings. The van der Waals surface area contributed by atoms with Crippen LogP contribution in [0.3, 0.4) is 0 Å². The van der Waals surface area contributed by atoms with Crippen LogP contribution in [0.4, 0.5) is 0 Å². The molecule has 20 heavy (non-hydrogen) atoms. The van der Waals surface area contributed by atoms with Crippen molar-refractivity contribution in [3.05, 3.63) is 0 Å². The lowest BCUT2D eigenvalue weighted by Gasteiger charge is -2.37. The fourth-order valence-electron chi connectivity index (χ4n) is 3.45. The minimum atomic E-state index is -0.670. The van der Waals surface area contributed by atoms with Gasteiger partial charge in [0.05, 0.1) is 0 Å². The van der Waals surface area contributed by atoms with Crippen molar-refractivity contribution in [2.24, 2.45) is 5.92 Å². The normalized spacial score (nSPS) is 22.4. The van der Waals surface area contributed by atoms with Gasteiger partial charge in [-0.15, -0.1) is 0 Å². The molecule has 116 valence electrons. The Morgan fingerprint density at radius 3 is 2.30 bits per heavy atom. The van der Waals surface area contributed by atoms with Crippen molar-refractivity contribution in [2.45, 2.75) is 52.1 Å². The maximum absolute atomic E-state index is 12.5. The van der Waals surface area contributed by atoms with Crippen molar-refractivity contribution < 1.29 is 9.53 Å². The van der Waals surface area contributed by atoms with E-state index in [-0.39, 0.29) is 5.91 Å². The number of hydrogen-bond donors (Lipinski definition) is 0. The summed E-state index contributed by atoms with van der Waals surface area (Å²) in [6.07, 6.45) is 5.01. The van der Waals surface area contributed by atoms with Crippen molar-refractivity contribution in [1.29, 1.82) is 0 Å². The highest BCUT2D eigenvalue weighted by atomic mass is 16.5. The maximum Gasteiger partial charge on any atom is 0.254 e. The van der Waals surface area contributed by atoms with E-state index >= 15 is 0 Å². The lowest BCUT2D eigenvalue weighted by atomic mass is 9.95. The van der Waals surface area contributed by atoms with E-state index in [1.807, 2.05) is 25.7 Å². The molecule has 4 nitrogen and oxygen atoms in total. The molecule has 0 aromatic heterocycles. The third-order valence-corrected chi connectivity index (χ3v) is 4.64. The van der Waals surface area contributed by atoms with Gasteiger partial charge >= 0.3 is 0 Å². The van der Waals surface area contributed by atoms with Gasteiger partial charge in [0.1, 0.15) is 5.60 Å². The number of ether oxygens (including phenoxy) is 1. The molecular weight excluding hydrogens is 252 g/mol. The molecule has 2 saturated heterocycles. The number of hydrogen-bond acceptors (Lipinski definition) is 3. The van der Waals surface area contributed by atoms with E-state index in [0.29, 0.717) is 6.61 Å². The Bertz CT molecular complexity index is 316. The zero-order valence-corrected chi connectivity index (χ0v) is 13.4. The van der Waals surface area contributed by atoms with Crippen LogP contribution >= 0.6 is 0 Å². The molecular formula is C16H30N2O2. The molecule has 0 spiro atoms. The van der Waals surface area contributed by atoms with Gasteiger partial charge in [-0.05, 0) is 65.5 Å². The molecule has 0 atom stereocenters. The van der Waals surface area contributed by atoms with Crippen LogP contribution in [0.2, 0.25) is 0 Å². The summed E-state index contributed by atoms with van der Waals surface area (Å²) in [6, 6.07) is 0. The number of rotatable bonds is 5. The van der Waals surface area contributed by atoms with E-state index in [4.69, 9.17) is 4.74 Å². The molecule has 0 aromatic rings. The van der Waals surface area contributed by atoms with Crippen LogP contribution in [-0.4, -0.2) is 60.6 Å². The van der Waals surface area contributed by atoms with Crippen LogP contribution in [0, 0.1) is 5.92 Å². The summed E-state index contributed by atoms with van der Waals surface area (Å²) in [4.78, 5) is 17.0. The fourth-order valence-corrected chi connectivity index (χ4v) is 3.45. The van der Waals surface area contributed by atoms with Crippen molar-refractivity contribution in [1.82, 2.24) is 9.80 Å². The smallest absolute Gasteiger partial charge is 0.254 e. The highest BCUT2D eigenvalue weighted by Crippen LogP contribution is 2.23. The summed E-state index contributed by atoms with van der Waals surface area (Å²) >= 11 is 0. The molecule has 2 aliphatic heterocycles. The van der Waals surface area contributed by atoms with Crippen molar-refractivity contribution in [2.75, 3.05) is 39.3 Å². The lowest BCUT2D eigenvalue weighted by Crippen LogP contribution is -2.50. The number of carbonyl (C=O) groups excluding carboxylic acids is 1. The van der Waals surface area contributed by atoms with Gasteiger partial charge in [0, 0.05) is 26.2 Å². The third-order valence-electron chi connectivity index (χ3n) is 4.64. The zero-order valence-electron chi connectivity index (χ0n) is 13.4. The first-order chi connectivity index (χ1) is 9.53. The van der Waals surface area contributed by atoms with E-state index in [1.165, 1.54) is 32.5 Å². The molecule has 0 aliphatic carbocycles. The second-order valence-corrected chi connectivity index (χ2v) is 6.69. The second kappa shape index (κ2) is 6.90. The van der Waals surface area contributed by atoms with E-state index in [9.17, 15) is 4.79 Å². The van der Waals surface area contributed by atoms with E-state index < -0.39 is 5.60 Å². The molecule has 1 amide bonds. The third kappa shape index (κ3) is 3.95. The Kier molecular flexibility index (Phi) is 5.44. The van der Waals surface area contributed by atoms with Crippen molar-refractivity contribution in [3.8, 4) is 0 Å². The van der Waals surface area contributed by atoms with Crippen molar-refractivity contribution in [3.63, 3.8) is 0 Å². The molecule has 0 unspecified atom stereocenters.